The monoisotopic (exact) mass is 365 g/mol. The topological polar surface area (TPSA) is 82.0 Å². The van der Waals surface area contributed by atoms with Crippen LogP contribution in [-0.2, 0) is 11.2 Å². The molecule has 0 saturated heterocycles. The Kier molecular flexibility index (Phi) is 5.37. The van der Waals surface area contributed by atoms with E-state index in [9.17, 15) is 14.7 Å². The molecule has 2 amide bonds. The number of benzene rings is 2. The molecule has 27 heavy (non-hydrogen) atoms. The zero-order valence-corrected chi connectivity index (χ0v) is 15.4. The maximum atomic E-state index is 13.1. The third-order valence-electron chi connectivity index (χ3n) is 4.45. The first-order chi connectivity index (χ1) is 12.9. The normalized spacial score (nSPS) is 20.1. The molecule has 0 unspecified atom stereocenters. The molecule has 0 radical (unpaired) electrons. The number of carbonyl (C=O) groups is 2. The van der Waals surface area contributed by atoms with Crippen LogP contribution in [0.25, 0.3) is 0 Å². The van der Waals surface area contributed by atoms with E-state index >= 15 is 0 Å². The van der Waals surface area contributed by atoms with Crippen LogP contribution < -0.4 is 5.32 Å². The predicted octanol–water partition coefficient (Wildman–Crippen LogP) is 2.34. The fourth-order valence-corrected chi connectivity index (χ4v) is 3.19. The maximum absolute atomic E-state index is 13.1. The van der Waals surface area contributed by atoms with Gasteiger partial charge in [-0.05, 0) is 31.5 Å². The van der Waals surface area contributed by atoms with Crippen LogP contribution in [0.1, 0.15) is 36.2 Å². The van der Waals surface area contributed by atoms with E-state index in [1.807, 2.05) is 36.4 Å². The van der Waals surface area contributed by atoms with Crippen LogP contribution in [0.4, 0.5) is 0 Å². The van der Waals surface area contributed by atoms with Gasteiger partial charge in [0.1, 0.15) is 6.04 Å². The van der Waals surface area contributed by atoms with Crippen molar-refractivity contribution in [2.75, 3.05) is 0 Å². The van der Waals surface area contributed by atoms with Gasteiger partial charge in [0.25, 0.3) is 11.8 Å². The highest BCUT2D eigenvalue weighted by molar-refractivity contribution is 5.98. The second-order valence-electron chi connectivity index (χ2n) is 6.96. The minimum atomic E-state index is -1.40. The summed E-state index contributed by atoms with van der Waals surface area (Å²) in [4.78, 5) is 25.7. The number of amides is 2. The first-order valence-corrected chi connectivity index (χ1v) is 8.87. The summed E-state index contributed by atoms with van der Waals surface area (Å²) in [6.45, 7) is 3.31. The summed E-state index contributed by atoms with van der Waals surface area (Å²) in [5.41, 5.74) is 0.647. The third kappa shape index (κ3) is 4.41. The van der Waals surface area contributed by atoms with Gasteiger partial charge >= 0.3 is 0 Å². The van der Waals surface area contributed by atoms with Gasteiger partial charge in [0.05, 0.1) is 0 Å². The first kappa shape index (κ1) is 18.8. The van der Waals surface area contributed by atoms with Crippen molar-refractivity contribution in [2.24, 2.45) is 5.10 Å². The van der Waals surface area contributed by atoms with Crippen molar-refractivity contribution >= 4 is 17.5 Å². The van der Waals surface area contributed by atoms with E-state index in [-0.39, 0.29) is 12.3 Å². The highest BCUT2D eigenvalue weighted by atomic mass is 16.3. The van der Waals surface area contributed by atoms with E-state index in [0.29, 0.717) is 17.7 Å². The number of carbonyl (C=O) groups excluding carboxylic acids is 2. The fourth-order valence-electron chi connectivity index (χ4n) is 3.19. The van der Waals surface area contributed by atoms with Crippen molar-refractivity contribution in [2.45, 2.75) is 38.5 Å². The van der Waals surface area contributed by atoms with Crippen molar-refractivity contribution in [3.8, 4) is 0 Å². The zero-order chi connectivity index (χ0) is 19.4. The standard InChI is InChI=1S/C21H23N3O3/c1-15-14-21(2,27)24(23-15)20(26)18(13-16-9-5-3-6-10-16)22-19(25)17-11-7-4-8-12-17/h3-12,18,27H,13-14H2,1-2H3,(H,22,25)/t18-,21-/m0/s1. The van der Waals surface area contributed by atoms with Crippen molar-refractivity contribution < 1.29 is 14.7 Å². The van der Waals surface area contributed by atoms with E-state index < -0.39 is 17.7 Å². The Bertz CT molecular complexity index is 847. The molecule has 0 bridgehead atoms. The molecule has 6 nitrogen and oxygen atoms in total. The van der Waals surface area contributed by atoms with Crippen LogP contribution in [0.15, 0.2) is 65.8 Å². The van der Waals surface area contributed by atoms with Crippen LogP contribution in [0, 0.1) is 0 Å². The predicted molar refractivity (Wildman–Crippen MR) is 103 cm³/mol. The number of rotatable bonds is 5. The number of hydrogen-bond donors (Lipinski definition) is 2. The van der Waals surface area contributed by atoms with E-state index in [1.165, 1.54) is 0 Å². The first-order valence-electron chi connectivity index (χ1n) is 8.87. The molecule has 1 heterocycles. The fraction of sp³-hybridized carbons (Fsp3) is 0.286. The highest BCUT2D eigenvalue weighted by Gasteiger charge is 2.41. The molecule has 0 spiro atoms. The number of hydrogen-bond acceptors (Lipinski definition) is 4. The van der Waals surface area contributed by atoms with Gasteiger partial charge in [-0.2, -0.15) is 5.10 Å². The molecule has 3 rings (SSSR count). The van der Waals surface area contributed by atoms with Gasteiger partial charge in [0, 0.05) is 24.1 Å². The van der Waals surface area contributed by atoms with Gasteiger partial charge in [-0.1, -0.05) is 48.5 Å². The lowest BCUT2D eigenvalue weighted by Crippen LogP contribution is -2.53. The molecule has 6 heteroatoms. The van der Waals surface area contributed by atoms with Crippen LogP contribution in [0.2, 0.25) is 0 Å². The van der Waals surface area contributed by atoms with Crippen LogP contribution in [0.5, 0.6) is 0 Å². The molecule has 0 aliphatic carbocycles. The van der Waals surface area contributed by atoms with Gasteiger partial charge in [0.2, 0.25) is 0 Å². The Balaban J connectivity index is 1.85. The Morgan fingerprint density at radius 1 is 1.15 bits per heavy atom. The molecular weight excluding hydrogens is 342 g/mol. The number of hydrazone groups is 1. The lowest BCUT2D eigenvalue weighted by molar-refractivity contribution is -0.154. The molecule has 1 aliphatic rings. The lowest BCUT2D eigenvalue weighted by Gasteiger charge is -2.30. The number of aliphatic hydroxyl groups is 1. The zero-order valence-electron chi connectivity index (χ0n) is 15.4. The largest absolute Gasteiger partial charge is 0.369 e. The van der Waals surface area contributed by atoms with Crippen LogP contribution in [-0.4, -0.2) is 39.4 Å². The molecule has 0 aromatic heterocycles. The van der Waals surface area contributed by atoms with Crippen molar-refractivity contribution in [1.82, 2.24) is 10.3 Å². The molecule has 2 atom stereocenters. The molecule has 1 aliphatic heterocycles. The highest BCUT2D eigenvalue weighted by Crippen LogP contribution is 2.25. The molecule has 2 aromatic carbocycles. The van der Waals surface area contributed by atoms with E-state index in [2.05, 4.69) is 10.4 Å². The average Bonchev–Trinajstić information content (AvgIpc) is 2.94. The summed E-state index contributed by atoms with van der Waals surface area (Å²) in [6.07, 6.45) is 0.586. The molecule has 2 aromatic rings. The van der Waals surface area contributed by atoms with Gasteiger partial charge < -0.3 is 10.4 Å². The Hall–Kier alpha value is -2.99. The Labute approximate surface area is 158 Å². The van der Waals surface area contributed by atoms with Crippen molar-refractivity contribution in [1.29, 1.82) is 0 Å². The average molecular weight is 365 g/mol. The quantitative estimate of drug-likeness (QED) is 0.853. The maximum Gasteiger partial charge on any atom is 0.268 e. The van der Waals surface area contributed by atoms with Gasteiger partial charge in [-0.25, -0.2) is 5.01 Å². The number of nitrogens with zero attached hydrogens (tertiary/aromatic N) is 2. The molecule has 2 N–H and O–H groups in total. The Morgan fingerprint density at radius 3 is 2.30 bits per heavy atom. The van der Waals surface area contributed by atoms with Gasteiger partial charge in [0.15, 0.2) is 5.72 Å². The molecular formula is C21H23N3O3. The molecule has 0 saturated carbocycles. The van der Waals surface area contributed by atoms with Crippen LogP contribution >= 0.6 is 0 Å². The smallest absolute Gasteiger partial charge is 0.268 e. The summed E-state index contributed by atoms with van der Waals surface area (Å²) in [6, 6.07) is 17.3. The second kappa shape index (κ2) is 7.72. The Morgan fingerprint density at radius 2 is 1.74 bits per heavy atom. The lowest BCUT2D eigenvalue weighted by atomic mass is 10.0. The van der Waals surface area contributed by atoms with Crippen molar-refractivity contribution in [3.05, 3.63) is 71.8 Å². The van der Waals surface area contributed by atoms with Crippen molar-refractivity contribution in [3.63, 3.8) is 0 Å². The summed E-state index contributed by atoms with van der Waals surface area (Å²) in [7, 11) is 0. The number of nitrogens with one attached hydrogen (secondary N) is 1. The van der Waals surface area contributed by atoms with E-state index in [0.717, 1.165) is 10.6 Å². The minimum absolute atomic E-state index is 0.281. The second-order valence-corrected chi connectivity index (χ2v) is 6.96. The summed E-state index contributed by atoms with van der Waals surface area (Å²) in [5.74, 6) is -0.783. The molecule has 0 fully saturated rings. The summed E-state index contributed by atoms with van der Waals surface area (Å²) < 4.78 is 0. The SMILES string of the molecule is CC1=NN(C(=O)[C@H](Cc2ccccc2)NC(=O)c2ccccc2)[C@@](C)(O)C1. The third-order valence-corrected chi connectivity index (χ3v) is 4.45. The van der Waals surface area contributed by atoms with Crippen LogP contribution in [0.3, 0.4) is 0 Å². The van der Waals surface area contributed by atoms with Gasteiger partial charge in [-0.15, -0.1) is 0 Å². The van der Waals surface area contributed by atoms with E-state index in [4.69, 9.17) is 0 Å². The molecule has 140 valence electrons. The van der Waals surface area contributed by atoms with E-state index in [1.54, 1.807) is 38.1 Å². The summed E-state index contributed by atoms with van der Waals surface area (Å²) >= 11 is 0. The minimum Gasteiger partial charge on any atom is -0.369 e. The summed E-state index contributed by atoms with van der Waals surface area (Å²) in [5, 5.41) is 18.6. The van der Waals surface area contributed by atoms with Gasteiger partial charge in [-0.3, -0.25) is 9.59 Å².